The van der Waals surface area contributed by atoms with Crippen molar-refractivity contribution < 1.29 is 0 Å². The Kier molecular flexibility index (Phi) is 11.2. The normalized spacial score (nSPS) is 18.4. The number of nitrogens with zero attached hydrogens (tertiary/aromatic N) is 1. The molecule has 1 heterocycles. The Labute approximate surface area is 156 Å². The SMILES string of the molecule is C=C/C=C(/CC)CCN1CCC(CCC(/C=C(/C)C=C)=C/CC)CC1. The molecule has 1 nitrogen and oxygen atoms in total. The third-order valence-electron chi connectivity index (χ3n) is 5.31. The van der Waals surface area contributed by atoms with Gasteiger partial charge in [-0.3, -0.25) is 0 Å². The topological polar surface area (TPSA) is 3.24 Å². The lowest BCUT2D eigenvalue weighted by Crippen LogP contribution is -2.34. The second-order valence-corrected chi connectivity index (χ2v) is 7.27. The summed E-state index contributed by atoms with van der Waals surface area (Å²) in [4.78, 5) is 2.65. The predicted octanol–water partition coefficient (Wildman–Crippen LogP) is 6.86. The standard InChI is InChI=1S/C24H39N/c1-6-10-22(9-4)14-17-25-18-15-23(16-19-25)12-13-24(11-7-2)20-21(5)8-3/h6,8,10-11,20,23H,1,3,7,9,12-19H2,2,4-5H3/b21-20-,22-10-,24-11-. The first-order valence-corrected chi connectivity index (χ1v) is 10.1. The molecule has 1 rings (SSSR count). The summed E-state index contributed by atoms with van der Waals surface area (Å²) in [6.07, 6.45) is 19.5. The number of piperidine rings is 1. The van der Waals surface area contributed by atoms with Crippen molar-refractivity contribution >= 4 is 0 Å². The van der Waals surface area contributed by atoms with Crippen LogP contribution in [-0.2, 0) is 0 Å². The van der Waals surface area contributed by atoms with E-state index in [0.717, 1.165) is 18.8 Å². The zero-order valence-electron chi connectivity index (χ0n) is 16.9. The molecule has 0 N–H and O–H groups in total. The van der Waals surface area contributed by atoms with Gasteiger partial charge in [-0.25, -0.2) is 0 Å². The van der Waals surface area contributed by atoms with Gasteiger partial charge in [0.05, 0.1) is 0 Å². The third-order valence-corrected chi connectivity index (χ3v) is 5.31. The van der Waals surface area contributed by atoms with E-state index in [0.29, 0.717) is 0 Å². The maximum atomic E-state index is 3.87. The molecule has 0 aliphatic carbocycles. The van der Waals surface area contributed by atoms with Gasteiger partial charge >= 0.3 is 0 Å². The van der Waals surface area contributed by atoms with Crippen molar-refractivity contribution in [1.29, 1.82) is 0 Å². The summed E-state index contributed by atoms with van der Waals surface area (Å²) in [7, 11) is 0. The van der Waals surface area contributed by atoms with Gasteiger partial charge in [0.15, 0.2) is 0 Å². The molecule has 140 valence electrons. The molecule has 1 aliphatic heterocycles. The van der Waals surface area contributed by atoms with E-state index in [-0.39, 0.29) is 0 Å². The lowest BCUT2D eigenvalue weighted by Gasteiger charge is -2.32. The smallest absolute Gasteiger partial charge is 0.00187 e. The van der Waals surface area contributed by atoms with Gasteiger partial charge in [0.1, 0.15) is 0 Å². The van der Waals surface area contributed by atoms with Crippen molar-refractivity contribution in [1.82, 2.24) is 4.90 Å². The highest BCUT2D eigenvalue weighted by Crippen LogP contribution is 2.25. The van der Waals surface area contributed by atoms with Crippen LogP contribution in [0.2, 0.25) is 0 Å². The van der Waals surface area contributed by atoms with Crippen molar-refractivity contribution in [2.75, 3.05) is 19.6 Å². The minimum absolute atomic E-state index is 0.892. The largest absolute Gasteiger partial charge is 0.303 e. The first-order chi connectivity index (χ1) is 12.1. The lowest BCUT2D eigenvalue weighted by atomic mass is 9.89. The summed E-state index contributed by atoms with van der Waals surface area (Å²) in [6.45, 7) is 18.0. The Morgan fingerprint density at radius 2 is 1.84 bits per heavy atom. The van der Waals surface area contributed by atoms with Crippen LogP contribution in [0.5, 0.6) is 0 Å². The van der Waals surface area contributed by atoms with Crippen LogP contribution in [0.25, 0.3) is 0 Å². The maximum absolute atomic E-state index is 3.87. The van der Waals surface area contributed by atoms with Crippen LogP contribution >= 0.6 is 0 Å². The van der Waals surface area contributed by atoms with Crippen LogP contribution in [0.15, 0.2) is 60.3 Å². The Morgan fingerprint density at radius 3 is 2.40 bits per heavy atom. The summed E-state index contributed by atoms with van der Waals surface area (Å²) in [5.74, 6) is 0.892. The van der Waals surface area contributed by atoms with Crippen LogP contribution in [0.1, 0.15) is 65.7 Å². The van der Waals surface area contributed by atoms with Gasteiger partial charge in [0.25, 0.3) is 0 Å². The molecule has 0 atom stereocenters. The molecule has 1 heteroatoms. The van der Waals surface area contributed by atoms with E-state index in [1.807, 2.05) is 12.2 Å². The lowest BCUT2D eigenvalue weighted by molar-refractivity contribution is 0.181. The van der Waals surface area contributed by atoms with Gasteiger partial charge in [0.2, 0.25) is 0 Å². The fourth-order valence-electron chi connectivity index (χ4n) is 3.56. The number of hydrogen-bond donors (Lipinski definition) is 0. The monoisotopic (exact) mass is 341 g/mol. The highest BCUT2D eigenvalue weighted by molar-refractivity contribution is 5.27. The molecule has 0 spiro atoms. The molecule has 0 unspecified atom stereocenters. The van der Waals surface area contributed by atoms with Crippen molar-refractivity contribution in [3.63, 3.8) is 0 Å². The van der Waals surface area contributed by atoms with E-state index < -0.39 is 0 Å². The van der Waals surface area contributed by atoms with Crippen LogP contribution < -0.4 is 0 Å². The Balaban J connectivity index is 2.36. The second kappa shape index (κ2) is 12.9. The fraction of sp³-hybridized carbons (Fsp3) is 0.583. The predicted molar refractivity (Wildman–Crippen MR) is 114 cm³/mol. The minimum Gasteiger partial charge on any atom is -0.303 e. The van der Waals surface area contributed by atoms with Gasteiger partial charge in [-0.1, -0.05) is 74.1 Å². The van der Waals surface area contributed by atoms with Gasteiger partial charge in [-0.05, 0) is 70.9 Å². The van der Waals surface area contributed by atoms with Crippen molar-refractivity contribution in [2.24, 2.45) is 5.92 Å². The zero-order valence-corrected chi connectivity index (χ0v) is 16.9. The third kappa shape index (κ3) is 9.07. The van der Waals surface area contributed by atoms with Crippen LogP contribution in [0.4, 0.5) is 0 Å². The summed E-state index contributed by atoms with van der Waals surface area (Å²) >= 11 is 0. The average Bonchev–Trinajstić information content (AvgIpc) is 2.64. The quantitative estimate of drug-likeness (QED) is 0.371. The van der Waals surface area contributed by atoms with Crippen molar-refractivity contribution in [2.45, 2.75) is 65.7 Å². The Hall–Kier alpha value is -1.34. The number of hydrogen-bond acceptors (Lipinski definition) is 1. The molecule has 0 amide bonds. The van der Waals surface area contributed by atoms with E-state index in [1.54, 1.807) is 0 Å². The number of rotatable bonds is 11. The Bertz CT molecular complexity index is 484. The van der Waals surface area contributed by atoms with E-state index >= 15 is 0 Å². The molecule has 0 radical (unpaired) electrons. The summed E-state index contributed by atoms with van der Waals surface area (Å²) < 4.78 is 0. The molecular formula is C24H39N. The molecule has 0 saturated carbocycles. The number of likely N-dealkylation sites (tertiary alicyclic amines) is 1. The van der Waals surface area contributed by atoms with Gasteiger partial charge in [-0.2, -0.15) is 0 Å². The summed E-state index contributed by atoms with van der Waals surface area (Å²) in [6, 6.07) is 0. The van der Waals surface area contributed by atoms with Crippen LogP contribution in [0, 0.1) is 5.92 Å². The Morgan fingerprint density at radius 1 is 1.12 bits per heavy atom. The maximum Gasteiger partial charge on any atom is 0.00187 e. The minimum atomic E-state index is 0.892. The molecule has 0 bridgehead atoms. The van der Waals surface area contributed by atoms with E-state index in [9.17, 15) is 0 Å². The zero-order chi connectivity index (χ0) is 18.5. The van der Waals surface area contributed by atoms with E-state index in [1.165, 1.54) is 68.5 Å². The molecule has 0 aromatic carbocycles. The average molecular weight is 342 g/mol. The molecule has 0 aromatic rings. The van der Waals surface area contributed by atoms with Crippen molar-refractivity contribution in [3.05, 3.63) is 60.3 Å². The molecule has 0 aromatic heterocycles. The summed E-state index contributed by atoms with van der Waals surface area (Å²) in [5.41, 5.74) is 4.29. The van der Waals surface area contributed by atoms with Gasteiger partial charge in [0, 0.05) is 6.54 Å². The molecule has 25 heavy (non-hydrogen) atoms. The van der Waals surface area contributed by atoms with Crippen molar-refractivity contribution in [3.8, 4) is 0 Å². The van der Waals surface area contributed by atoms with E-state index in [2.05, 4.69) is 57.1 Å². The first-order valence-electron chi connectivity index (χ1n) is 10.1. The summed E-state index contributed by atoms with van der Waals surface area (Å²) in [5, 5.41) is 0. The molecule has 1 fully saturated rings. The highest BCUT2D eigenvalue weighted by Gasteiger charge is 2.18. The fourth-order valence-corrected chi connectivity index (χ4v) is 3.56. The van der Waals surface area contributed by atoms with Crippen LogP contribution in [0.3, 0.4) is 0 Å². The van der Waals surface area contributed by atoms with E-state index in [4.69, 9.17) is 0 Å². The van der Waals surface area contributed by atoms with Gasteiger partial charge < -0.3 is 4.90 Å². The first kappa shape index (κ1) is 21.7. The highest BCUT2D eigenvalue weighted by atomic mass is 15.1. The van der Waals surface area contributed by atoms with Crippen LogP contribution in [-0.4, -0.2) is 24.5 Å². The molecular weight excluding hydrogens is 302 g/mol. The second-order valence-electron chi connectivity index (χ2n) is 7.27. The molecule has 1 saturated heterocycles. The van der Waals surface area contributed by atoms with Gasteiger partial charge in [-0.15, -0.1) is 0 Å². The number of allylic oxidation sites excluding steroid dienone is 7. The molecule has 1 aliphatic rings.